The molecule has 1 saturated heterocycles. The summed E-state index contributed by atoms with van der Waals surface area (Å²) < 4.78 is 0. The molecule has 1 rings (SSSR count). The van der Waals surface area contributed by atoms with Crippen molar-refractivity contribution in [1.82, 2.24) is 9.80 Å². The van der Waals surface area contributed by atoms with Gasteiger partial charge in [-0.15, -0.1) is 0 Å². The Balaban J connectivity index is 2.71. The van der Waals surface area contributed by atoms with E-state index in [0.717, 1.165) is 18.9 Å². The number of rotatable bonds is 1. The van der Waals surface area contributed by atoms with Gasteiger partial charge in [-0.05, 0) is 6.92 Å². The minimum Gasteiger partial charge on any atom is -0.361 e. The van der Waals surface area contributed by atoms with Gasteiger partial charge in [-0.2, -0.15) is 0 Å². The molecule has 3 nitrogen and oxygen atoms in total. The Morgan fingerprint density at radius 1 is 1.64 bits per heavy atom. The van der Waals surface area contributed by atoms with Crippen LogP contribution in [0.15, 0.2) is 12.4 Å². The summed E-state index contributed by atoms with van der Waals surface area (Å²) >= 11 is 0. The van der Waals surface area contributed by atoms with Crippen molar-refractivity contribution in [3.63, 3.8) is 0 Å². The standard InChI is InChI=1S/C8H14N2O/c1-4-10-7(2)9(3)6-5-8(10)11/h2,4-6H2,1,3H3. The number of hydrogen-bond acceptors (Lipinski definition) is 2. The Labute approximate surface area is 67.3 Å². The average Bonchev–Trinajstić information content (AvgIpc) is 1.99. The van der Waals surface area contributed by atoms with Crippen molar-refractivity contribution in [3.8, 4) is 0 Å². The quantitative estimate of drug-likeness (QED) is 0.553. The maximum Gasteiger partial charge on any atom is 0.229 e. The van der Waals surface area contributed by atoms with Crippen LogP contribution in [0.2, 0.25) is 0 Å². The topological polar surface area (TPSA) is 23.6 Å². The highest BCUT2D eigenvalue weighted by Gasteiger charge is 2.22. The van der Waals surface area contributed by atoms with Crippen LogP contribution in [0.3, 0.4) is 0 Å². The lowest BCUT2D eigenvalue weighted by atomic mass is 10.2. The zero-order chi connectivity index (χ0) is 8.43. The Morgan fingerprint density at radius 2 is 2.27 bits per heavy atom. The van der Waals surface area contributed by atoms with Gasteiger partial charge >= 0.3 is 0 Å². The Morgan fingerprint density at radius 3 is 2.73 bits per heavy atom. The van der Waals surface area contributed by atoms with Crippen LogP contribution in [0.1, 0.15) is 13.3 Å². The first-order chi connectivity index (χ1) is 5.16. The lowest BCUT2D eigenvalue weighted by Crippen LogP contribution is -2.43. The number of carbonyl (C=O) groups excluding carboxylic acids is 1. The van der Waals surface area contributed by atoms with E-state index < -0.39 is 0 Å². The predicted octanol–water partition coefficient (Wildman–Crippen LogP) is 0.642. The lowest BCUT2D eigenvalue weighted by Gasteiger charge is -2.35. The molecule has 0 aromatic carbocycles. The molecular formula is C8H14N2O. The highest BCUT2D eigenvalue weighted by atomic mass is 16.2. The third-order valence-corrected chi connectivity index (χ3v) is 2.03. The summed E-state index contributed by atoms with van der Waals surface area (Å²) in [7, 11) is 1.96. The summed E-state index contributed by atoms with van der Waals surface area (Å²) in [6.45, 7) is 7.31. The van der Waals surface area contributed by atoms with E-state index in [2.05, 4.69) is 6.58 Å². The number of hydrogen-bond donors (Lipinski definition) is 0. The monoisotopic (exact) mass is 154 g/mol. The second-order valence-corrected chi connectivity index (χ2v) is 2.73. The van der Waals surface area contributed by atoms with Crippen LogP contribution < -0.4 is 0 Å². The smallest absolute Gasteiger partial charge is 0.229 e. The van der Waals surface area contributed by atoms with Crippen molar-refractivity contribution in [3.05, 3.63) is 12.4 Å². The van der Waals surface area contributed by atoms with Gasteiger partial charge < -0.3 is 4.90 Å². The van der Waals surface area contributed by atoms with Crippen molar-refractivity contribution < 1.29 is 4.79 Å². The van der Waals surface area contributed by atoms with E-state index in [1.54, 1.807) is 4.90 Å². The van der Waals surface area contributed by atoms with Gasteiger partial charge in [0, 0.05) is 26.6 Å². The van der Waals surface area contributed by atoms with E-state index in [9.17, 15) is 4.79 Å². The van der Waals surface area contributed by atoms with Crippen LogP contribution in [0, 0.1) is 0 Å². The van der Waals surface area contributed by atoms with E-state index in [-0.39, 0.29) is 5.91 Å². The van der Waals surface area contributed by atoms with Crippen molar-refractivity contribution >= 4 is 5.91 Å². The molecule has 1 fully saturated rings. The molecule has 0 aromatic heterocycles. The molecule has 62 valence electrons. The molecule has 0 spiro atoms. The fourth-order valence-electron chi connectivity index (χ4n) is 1.24. The number of amides is 1. The van der Waals surface area contributed by atoms with Gasteiger partial charge in [0.2, 0.25) is 5.91 Å². The van der Waals surface area contributed by atoms with Gasteiger partial charge in [0.05, 0.1) is 0 Å². The van der Waals surface area contributed by atoms with Crippen molar-refractivity contribution in [2.75, 3.05) is 20.1 Å². The molecular weight excluding hydrogens is 140 g/mol. The van der Waals surface area contributed by atoms with E-state index in [1.165, 1.54) is 0 Å². The van der Waals surface area contributed by atoms with Crippen molar-refractivity contribution in [2.24, 2.45) is 0 Å². The minimum absolute atomic E-state index is 0.190. The Bertz CT molecular complexity index is 189. The maximum atomic E-state index is 11.2. The largest absolute Gasteiger partial charge is 0.361 e. The highest BCUT2D eigenvalue weighted by Crippen LogP contribution is 2.14. The summed E-state index contributed by atoms with van der Waals surface area (Å²) in [5.74, 6) is 1.01. The van der Waals surface area contributed by atoms with Gasteiger partial charge in [-0.3, -0.25) is 9.69 Å². The highest BCUT2D eigenvalue weighted by molar-refractivity contribution is 5.79. The average molecular weight is 154 g/mol. The van der Waals surface area contributed by atoms with Crippen LogP contribution in [0.5, 0.6) is 0 Å². The maximum absolute atomic E-state index is 11.2. The molecule has 0 saturated carbocycles. The molecule has 3 heteroatoms. The molecule has 0 unspecified atom stereocenters. The fourth-order valence-corrected chi connectivity index (χ4v) is 1.24. The fraction of sp³-hybridized carbons (Fsp3) is 0.625. The third kappa shape index (κ3) is 1.37. The van der Waals surface area contributed by atoms with Crippen LogP contribution >= 0.6 is 0 Å². The Hall–Kier alpha value is -0.990. The Kier molecular flexibility index (Phi) is 2.17. The van der Waals surface area contributed by atoms with Gasteiger partial charge in [-0.25, -0.2) is 0 Å². The zero-order valence-corrected chi connectivity index (χ0v) is 7.13. The number of carbonyl (C=O) groups is 1. The normalized spacial score (nSPS) is 19.5. The minimum atomic E-state index is 0.190. The zero-order valence-electron chi connectivity index (χ0n) is 7.13. The SMILES string of the molecule is C=C1N(C)CCC(=O)N1CC. The molecule has 0 atom stereocenters. The summed E-state index contributed by atoms with van der Waals surface area (Å²) in [5, 5.41) is 0. The molecule has 0 N–H and O–H groups in total. The molecule has 0 aliphatic carbocycles. The van der Waals surface area contributed by atoms with Crippen LogP contribution in [0.4, 0.5) is 0 Å². The predicted molar refractivity (Wildman–Crippen MR) is 43.8 cm³/mol. The lowest BCUT2D eigenvalue weighted by molar-refractivity contribution is -0.132. The molecule has 0 aromatic rings. The molecule has 1 amide bonds. The molecule has 1 aliphatic heterocycles. The molecule has 11 heavy (non-hydrogen) atoms. The number of nitrogens with zero attached hydrogens (tertiary/aromatic N) is 2. The van der Waals surface area contributed by atoms with E-state index in [0.29, 0.717) is 6.42 Å². The molecule has 1 heterocycles. The van der Waals surface area contributed by atoms with Gasteiger partial charge in [-0.1, -0.05) is 6.58 Å². The summed E-state index contributed by atoms with van der Waals surface area (Å²) in [6, 6.07) is 0. The molecule has 1 aliphatic rings. The second kappa shape index (κ2) is 2.95. The second-order valence-electron chi connectivity index (χ2n) is 2.73. The van der Waals surface area contributed by atoms with E-state index >= 15 is 0 Å². The molecule has 0 bridgehead atoms. The summed E-state index contributed by atoms with van der Waals surface area (Å²) in [6.07, 6.45) is 0.614. The van der Waals surface area contributed by atoms with E-state index in [4.69, 9.17) is 0 Å². The van der Waals surface area contributed by atoms with Gasteiger partial charge in [0.15, 0.2) is 0 Å². The first-order valence-electron chi connectivity index (χ1n) is 3.87. The first-order valence-corrected chi connectivity index (χ1v) is 3.87. The summed E-state index contributed by atoms with van der Waals surface area (Å²) in [5.41, 5.74) is 0. The van der Waals surface area contributed by atoms with E-state index in [1.807, 2.05) is 18.9 Å². The third-order valence-electron chi connectivity index (χ3n) is 2.03. The van der Waals surface area contributed by atoms with Crippen molar-refractivity contribution in [2.45, 2.75) is 13.3 Å². The summed E-state index contributed by atoms with van der Waals surface area (Å²) in [4.78, 5) is 14.9. The van der Waals surface area contributed by atoms with Crippen molar-refractivity contribution in [1.29, 1.82) is 0 Å². The first kappa shape index (κ1) is 8.11. The molecule has 0 radical (unpaired) electrons. The van der Waals surface area contributed by atoms with Crippen LogP contribution in [-0.4, -0.2) is 35.8 Å². The van der Waals surface area contributed by atoms with Gasteiger partial charge in [0.25, 0.3) is 0 Å². The van der Waals surface area contributed by atoms with Gasteiger partial charge in [0.1, 0.15) is 5.82 Å². The van der Waals surface area contributed by atoms with Crippen LogP contribution in [-0.2, 0) is 4.79 Å². The van der Waals surface area contributed by atoms with Crippen LogP contribution in [0.25, 0.3) is 0 Å².